The smallest absolute Gasteiger partial charge is 0.336 e. The molecule has 0 saturated carbocycles. The lowest BCUT2D eigenvalue weighted by Gasteiger charge is -2.13. The summed E-state index contributed by atoms with van der Waals surface area (Å²) in [6.45, 7) is -0.343. The minimum Gasteiger partial charge on any atom is -0.478 e. The zero-order valence-electron chi connectivity index (χ0n) is 7.27. The number of carbonyl (C=O) groups is 1. The summed E-state index contributed by atoms with van der Waals surface area (Å²) < 4.78 is 0. The van der Waals surface area contributed by atoms with Crippen LogP contribution in [-0.4, -0.2) is 22.8 Å². The number of halogens is 1. The van der Waals surface area contributed by atoms with Gasteiger partial charge >= 0.3 is 5.97 Å². The summed E-state index contributed by atoms with van der Waals surface area (Å²) in [7, 11) is 0. The van der Waals surface area contributed by atoms with Gasteiger partial charge in [-0.2, -0.15) is 0 Å². The molecular weight excluding hydrogens is 206 g/mol. The highest BCUT2D eigenvalue weighted by atomic mass is 35.5. The summed E-state index contributed by atoms with van der Waals surface area (Å²) in [6.07, 6.45) is 0. The topological polar surface area (TPSA) is 83.5 Å². The third kappa shape index (κ3) is 2.04. The molecule has 0 fully saturated rings. The molecule has 76 valence electrons. The third-order valence-corrected chi connectivity index (χ3v) is 2.18. The van der Waals surface area contributed by atoms with Crippen LogP contribution >= 0.6 is 11.6 Å². The maximum atomic E-state index is 10.8. The number of carboxylic acids is 1. The first-order valence-corrected chi connectivity index (χ1v) is 4.34. The predicted octanol–water partition coefficient (Wildman–Crippen LogP) is 1.03. The van der Waals surface area contributed by atoms with Crippen LogP contribution in [0.3, 0.4) is 0 Å². The summed E-state index contributed by atoms with van der Waals surface area (Å²) in [4.78, 5) is 10.8. The molecule has 1 atom stereocenters. The van der Waals surface area contributed by atoms with Crippen LogP contribution in [0.15, 0.2) is 18.2 Å². The molecule has 1 aromatic rings. The normalized spacial score (nSPS) is 12.5. The van der Waals surface area contributed by atoms with Crippen molar-refractivity contribution in [1.29, 1.82) is 0 Å². The quantitative estimate of drug-likeness (QED) is 0.703. The highest BCUT2D eigenvalue weighted by molar-refractivity contribution is 6.31. The van der Waals surface area contributed by atoms with Crippen molar-refractivity contribution < 1.29 is 15.0 Å². The highest BCUT2D eigenvalue weighted by Crippen LogP contribution is 2.25. The van der Waals surface area contributed by atoms with E-state index in [9.17, 15) is 4.79 Å². The van der Waals surface area contributed by atoms with E-state index >= 15 is 0 Å². The van der Waals surface area contributed by atoms with Crippen molar-refractivity contribution in [2.45, 2.75) is 6.04 Å². The van der Waals surface area contributed by atoms with E-state index < -0.39 is 12.0 Å². The number of nitrogens with two attached hydrogens (primary N) is 1. The van der Waals surface area contributed by atoms with Crippen molar-refractivity contribution in [3.63, 3.8) is 0 Å². The molecule has 0 aliphatic heterocycles. The standard InChI is InChI=1S/C9H10ClNO3/c10-6-3-1-2-5(9(13)14)8(6)7(11)4-12/h1-3,7,12H,4,11H2,(H,13,14)/t7-/m1/s1. The molecule has 0 bridgehead atoms. The summed E-state index contributed by atoms with van der Waals surface area (Å²) in [5.41, 5.74) is 5.83. The first-order chi connectivity index (χ1) is 6.57. The average molecular weight is 216 g/mol. The molecule has 0 aliphatic carbocycles. The van der Waals surface area contributed by atoms with Gasteiger partial charge in [0.05, 0.1) is 18.2 Å². The van der Waals surface area contributed by atoms with Crippen LogP contribution in [-0.2, 0) is 0 Å². The van der Waals surface area contributed by atoms with Gasteiger partial charge in [0.25, 0.3) is 0 Å². The maximum absolute atomic E-state index is 10.8. The second-order valence-corrected chi connectivity index (χ2v) is 3.20. The first-order valence-electron chi connectivity index (χ1n) is 3.96. The van der Waals surface area contributed by atoms with Gasteiger partial charge in [0, 0.05) is 10.6 Å². The average Bonchev–Trinajstić information content (AvgIpc) is 2.16. The van der Waals surface area contributed by atoms with Gasteiger partial charge in [-0.1, -0.05) is 17.7 Å². The lowest BCUT2D eigenvalue weighted by Crippen LogP contribution is -2.18. The fourth-order valence-electron chi connectivity index (χ4n) is 1.19. The van der Waals surface area contributed by atoms with Crippen molar-refractivity contribution in [3.05, 3.63) is 34.3 Å². The van der Waals surface area contributed by atoms with Crippen molar-refractivity contribution in [2.24, 2.45) is 5.73 Å². The summed E-state index contributed by atoms with van der Waals surface area (Å²) in [5.74, 6) is -1.11. The van der Waals surface area contributed by atoms with E-state index in [1.54, 1.807) is 6.07 Å². The number of rotatable bonds is 3. The second kappa shape index (κ2) is 4.41. The van der Waals surface area contributed by atoms with Crippen LogP contribution in [0.25, 0.3) is 0 Å². The fraction of sp³-hybridized carbons (Fsp3) is 0.222. The van der Waals surface area contributed by atoms with Crippen LogP contribution in [0.2, 0.25) is 5.02 Å². The van der Waals surface area contributed by atoms with Crippen molar-refractivity contribution >= 4 is 17.6 Å². The van der Waals surface area contributed by atoms with E-state index in [1.165, 1.54) is 12.1 Å². The SMILES string of the molecule is N[C@H](CO)c1c(Cl)cccc1C(=O)O. The number of aliphatic hydroxyl groups is 1. The zero-order valence-corrected chi connectivity index (χ0v) is 8.03. The van der Waals surface area contributed by atoms with Crippen LogP contribution < -0.4 is 5.73 Å². The molecule has 4 nitrogen and oxygen atoms in total. The van der Waals surface area contributed by atoms with Gasteiger partial charge in [-0.25, -0.2) is 4.79 Å². The highest BCUT2D eigenvalue weighted by Gasteiger charge is 2.17. The Balaban J connectivity index is 3.29. The summed E-state index contributed by atoms with van der Waals surface area (Å²) in [6, 6.07) is 3.70. The molecule has 0 radical (unpaired) electrons. The largest absolute Gasteiger partial charge is 0.478 e. The van der Waals surface area contributed by atoms with E-state index in [0.717, 1.165) is 0 Å². The Morgan fingerprint density at radius 3 is 2.71 bits per heavy atom. The predicted molar refractivity (Wildman–Crippen MR) is 52.4 cm³/mol. The van der Waals surface area contributed by atoms with E-state index in [0.29, 0.717) is 0 Å². The van der Waals surface area contributed by atoms with Gasteiger partial charge in [-0.3, -0.25) is 0 Å². The maximum Gasteiger partial charge on any atom is 0.336 e. The molecular formula is C9H10ClNO3. The van der Waals surface area contributed by atoms with Gasteiger partial charge in [0.15, 0.2) is 0 Å². The van der Waals surface area contributed by atoms with E-state index in [4.69, 9.17) is 27.5 Å². The Bertz CT molecular complexity index is 354. The molecule has 0 spiro atoms. The number of aromatic carboxylic acids is 1. The lowest BCUT2D eigenvalue weighted by atomic mass is 10.0. The van der Waals surface area contributed by atoms with Gasteiger partial charge < -0.3 is 15.9 Å². The Morgan fingerprint density at radius 1 is 1.57 bits per heavy atom. The molecule has 14 heavy (non-hydrogen) atoms. The molecule has 0 heterocycles. The fourth-order valence-corrected chi connectivity index (χ4v) is 1.51. The molecule has 4 N–H and O–H groups in total. The molecule has 5 heteroatoms. The summed E-state index contributed by atoms with van der Waals surface area (Å²) >= 11 is 5.79. The second-order valence-electron chi connectivity index (χ2n) is 2.80. The van der Waals surface area contributed by atoms with Crippen molar-refractivity contribution in [1.82, 2.24) is 0 Å². The third-order valence-electron chi connectivity index (χ3n) is 1.85. The number of aliphatic hydroxyl groups excluding tert-OH is 1. The van der Waals surface area contributed by atoms with Gasteiger partial charge in [0.2, 0.25) is 0 Å². The molecule has 0 aliphatic rings. The van der Waals surface area contributed by atoms with E-state index in [2.05, 4.69) is 0 Å². The number of carboxylic acid groups (broad SMARTS) is 1. The van der Waals surface area contributed by atoms with Crippen LogP contribution in [0.4, 0.5) is 0 Å². The van der Waals surface area contributed by atoms with E-state index in [-0.39, 0.29) is 22.8 Å². The Morgan fingerprint density at radius 2 is 2.21 bits per heavy atom. The minimum atomic E-state index is -1.11. The minimum absolute atomic E-state index is 0.0269. The molecule has 0 unspecified atom stereocenters. The van der Waals surface area contributed by atoms with Crippen LogP contribution in [0, 0.1) is 0 Å². The molecule has 1 rings (SSSR count). The first kappa shape index (κ1) is 11.0. The Hall–Kier alpha value is -1.10. The number of benzene rings is 1. The number of hydrogen-bond acceptors (Lipinski definition) is 3. The lowest BCUT2D eigenvalue weighted by molar-refractivity contribution is 0.0694. The van der Waals surface area contributed by atoms with Gasteiger partial charge in [-0.05, 0) is 12.1 Å². The zero-order chi connectivity index (χ0) is 10.7. The van der Waals surface area contributed by atoms with Crippen LogP contribution in [0.1, 0.15) is 22.0 Å². The molecule has 0 amide bonds. The van der Waals surface area contributed by atoms with Crippen molar-refractivity contribution in [2.75, 3.05) is 6.61 Å². The number of hydrogen-bond donors (Lipinski definition) is 3. The Kier molecular flexibility index (Phi) is 3.46. The monoisotopic (exact) mass is 215 g/mol. The molecule has 0 aromatic heterocycles. The molecule has 0 saturated heterocycles. The summed E-state index contributed by atoms with van der Waals surface area (Å²) in [5, 5.41) is 17.9. The van der Waals surface area contributed by atoms with E-state index in [1.807, 2.05) is 0 Å². The van der Waals surface area contributed by atoms with Gasteiger partial charge in [0.1, 0.15) is 0 Å². The van der Waals surface area contributed by atoms with Crippen LogP contribution in [0.5, 0.6) is 0 Å². The van der Waals surface area contributed by atoms with Gasteiger partial charge in [-0.15, -0.1) is 0 Å². The Labute approximate surface area is 85.9 Å². The van der Waals surface area contributed by atoms with Crippen molar-refractivity contribution in [3.8, 4) is 0 Å². The molecule has 1 aromatic carbocycles.